The summed E-state index contributed by atoms with van der Waals surface area (Å²) in [5.74, 6) is -4.20. The fourth-order valence-corrected chi connectivity index (χ4v) is 1.23. The molecule has 1 rings (SSSR count). The van der Waals surface area contributed by atoms with Crippen molar-refractivity contribution in [3.8, 4) is 5.75 Å². The predicted molar refractivity (Wildman–Crippen MR) is 46.4 cm³/mol. The van der Waals surface area contributed by atoms with Crippen LogP contribution in [0.2, 0.25) is 0 Å². The fraction of sp³-hybridized carbons (Fsp3) is 0.143. The van der Waals surface area contributed by atoms with E-state index in [1.165, 1.54) is 0 Å². The van der Waals surface area contributed by atoms with Gasteiger partial charge in [0.05, 0.1) is 5.69 Å². The van der Waals surface area contributed by atoms with E-state index in [0.717, 1.165) is 0 Å². The quantitative estimate of drug-likeness (QED) is 0.387. The van der Waals surface area contributed by atoms with E-state index in [4.69, 9.17) is 5.73 Å². The van der Waals surface area contributed by atoms with Crippen LogP contribution in [0.1, 0.15) is 0 Å². The normalized spacial score (nSPS) is 12.5. The van der Waals surface area contributed by atoms with Gasteiger partial charge in [0, 0.05) is 12.1 Å². The largest absolute Gasteiger partial charge is 0.534 e. The Bertz CT molecular complexity index is 539. The van der Waals surface area contributed by atoms with Gasteiger partial charge < -0.3 is 9.92 Å². The molecule has 0 aliphatic rings. The molecule has 0 heterocycles. The van der Waals surface area contributed by atoms with Crippen LogP contribution in [0.5, 0.6) is 5.75 Å². The van der Waals surface area contributed by atoms with Crippen molar-refractivity contribution in [3.63, 3.8) is 0 Å². The molecule has 0 atom stereocenters. The number of hydrogen-bond acceptors (Lipinski definition) is 4. The monoisotopic (exact) mass is 277 g/mol. The third-order valence-corrected chi connectivity index (χ3v) is 2.50. The zero-order chi connectivity index (χ0) is 13.4. The molecule has 0 amide bonds. The van der Waals surface area contributed by atoms with Gasteiger partial charge in [0.2, 0.25) is 0 Å². The Morgan fingerprint density at radius 2 is 1.65 bits per heavy atom. The van der Waals surface area contributed by atoms with Crippen molar-refractivity contribution >= 4 is 15.8 Å². The Kier molecular flexibility index (Phi) is 3.19. The molecule has 0 fully saturated rings. The Hall–Kier alpha value is -1.58. The number of rotatable bonds is 2. The molecular weight excluding hydrogens is 273 g/mol. The second-order valence-electron chi connectivity index (χ2n) is 2.79. The summed E-state index contributed by atoms with van der Waals surface area (Å²) in [5, 5.41) is 0. The number of benzene rings is 1. The van der Waals surface area contributed by atoms with Crippen molar-refractivity contribution in [2.45, 2.75) is 5.51 Å². The first kappa shape index (κ1) is 13.5. The molecule has 0 saturated heterocycles. The van der Waals surface area contributed by atoms with Gasteiger partial charge in [-0.05, 0) is 0 Å². The van der Waals surface area contributed by atoms with Gasteiger partial charge in [-0.2, -0.15) is 21.6 Å². The van der Waals surface area contributed by atoms with Crippen molar-refractivity contribution in [1.82, 2.24) is 0 Å². The Labute approximate surface area is 91.9 Å². The first-order valence-electron chi connectivity index (χ1n) is 3.80. The molecule has 1 aromatic carbocycles. The summed E-state index contributed by atoms with van der Waals surface area (Å²) in [5.41, 5.74) is -1.55. The van der Waals surface area contributed by atoms with Crippen molar-refractivity contribution < 1.29 is 34.6 Å². The lowest BCUT2D eigenvalue weighted by Gasteiger charge is -2.10. The second-order valence-corrected chi connectivity index (χ2v) is 4.33. The van der Waals surface area contributed by atoms with Crippen molar-refractivity contribution in [3.05, 3.63) is 23.8 Å². The standard InChI is InChI=1S/C7H4F5NO3S/c8-3-1-4(9)6(2-5(3)13)16-17(14,15)7(10,11)12/h1-2H,13H2. The minimum atomic E-state index is -6.02. The molecule has 4 nitrogen and oxygen atoms in total. The molecule has 0 aliphatic carbocycles. The molecular formula is C7H4F5NO3S. The second kappa shape index (κ2) is 4.02. The third kappa shape index (κ3) is 2.75. The molecule has 0 bridgehead atoms. The van der Waals surface area contributed by atoms with Gasteiger partial charge in [-0.3, -0.25) is 0 Å². The van der Waals surface area contributed by atoms with Gasteiger partial charge in [-0.1, -0.05) is 0 Å². The van der Waals surface area contributed by atoms with Gasteiger partial charge >= 0.3 is 15.6 Å². The van der Waals surface area contributed by atoms with E-state index in [-0.39, 0.29) is 6.07 Å². The SMILES string of the molecule is Nc1cc(OS(=O)(=O)C(F)(F)F)c(F)cc1F. The third-order valence-electron chi connectivity index (χ3n) is 1.53. The summed E-state index contributed by atoms with van der Waals surface area (Å²) in [6.07, 6.45) is 0. The van der Waals surface area contributed by atoms with E-state index in [1.54, 1.807) is 0 Å². The van der Waals surface area contributed by atoms with E-state index in [9.17, 15) is 30.4 Å². The number of anilines is 1. The highest BCUT2D eigenvalue weighted by Gasteiger charge is 2.49. The molecule has 0 unspecified atom stereocenters. The first-order valence-corrected chi connectivity index (χ1v) is 5.20. The van der Waals surface area contributed by atoms with Gasteiger partial charge in [0.25, 0.3) is 0 Å². The maximum Gasteiger partial charge on any atom is 0.534 e. The topological polar surface area (TPSA) is 69.4 Å². The molecule has 0 spiro atoms. The molecule has 17 heavy (non-hydrogen) atoms. The number of nitrogens with two attached hydrogens (primary N) is 1. The van der Waals surface area contributed by atoms with E-state index in [0.29, 0.717) is 6.07 Å². The summed E-state index contributed by atoms with van der Waals surface area (Å²) in [4.78, 5) is 0. The molecule has 2 N–H and O–H groups in total. The highest BCUT2D eigenvalue weighted by molar-refractivity contribution is 7.88. The first-order chi connectivity index (χ1) is 7.54. The molecule has 0 saturated carbocycles. The maximum atomic E-state index is 12.9. The van der Waals surface area contributed by atoms with E-state index in [1.807, 2.05) is 0 Å². The smallest absolute Gasteiger partial charge is 0.396 e. The van der Waals surface area contributed by atoms with Gasteiger partial charge in [-0.25, -0.2) is 8.78 Å². The number of alkyl halides is 3. The number of nitrogen functional groups attached to an aromatic ring is 1. The zero-order valence-corrected chi connectivity index (χ0v) is 8.57. The lowest BCUT2D eigenvalue weighted by molar-refractivity contribution is -0.0500. The van der Waals surface area contributed by atoms with E-state index in [2.05, 4.69) is 4.18 Å². The van der Waals surface area contributed by atoms with Crippen LogP contribution in [-0.4, -0.2) is 13.9 Å². The average Bonchev–Trinajstić information content (AvgIpc) is 2.12. The summed E-state index contributed by atoms with van der Waals surface area (Å²) < 4.78 is 85.7. The summed E-state index contributed by atoms with van der Waals surface area (Å²) in [7, 11) is -6.02. The Morgan fingerprint density at radius 3 is 2.12 bits per heavy atom. The highest BCUT2D eigenvalue weighted by Crippen LogP contribution is 2.30. The van der Waals surface area contributed by atoms with Crippen LogP contribution in [0.25, 0.3) is 0 Å². The van der Waals surface area contributed by atoms with Crippen LogP contribution in [0.4, 0.5) is 27.6 Å². The summed E-state index contributed by atoms with van der Waals surface area (Å²) in [6, 6.07) is 0.407. The van der Waals surface area contributed by atoms with E-state index >= 15 is 0 Å². The minimum absolute atomic E-state index is 0.108. The lowest BCUT2D eigenvalue weighted by Crippen LogP contribution is -2.28. The van der Waals surface area contributed by atoms with Gasteiger partial charge in [-0.15, -0.1) is 0 Å². The molecule has 0 aliphatic heterocycles. The van der Waals surface area contributed by atoms with Gasteiger partial charge in [0.1, 0.15) is 5.82 Å². The maximum absolute atomic E-state index is 12.9. The molecule has 96 valence electrons. The van der Waals surface area contributed by atoms with Crippen LogP contribution < -0.4 is 9.92 Å². The summed E-state index contributed by atoms with van der Waals surface area (Å²) in [6.45, 7) is 0. The highest BCUT2D eigenvalue weighted by atomic mass is 32.2. The van der Waals surface area contributed by atoms with Crippen LogP contribution in [0.3, 0.4) is 0 Å². The fourth-order valence-electron chi connectivity index (χ4n) is 0.774. The predicted octanol–water partition coefficient (Wildman–Crippen LogP) is 1.78. The van der Waals surface area contributed by atoms with Gasteiger partial charge in [0.15, 0.2) is 11.6 Å². The van der Waals surface area contributed by atoms with Crippen molar-refractivity contribution in [2.24, 2.45) is 0 Å². The molecule has 0 aromatic heterocycles. The van der Waals surface area contributed by atoms with Crippen LogP contribution in [0, 0.1) is 11.6 Å². The average molecular weight is 277 g/mol. The van der Waals surface area contributed by atoms with E-state index < -0.39 is 38.7 Å². The molecule has 0 radical (unpaired) electrons. The number of hydrogen-bond donors (Lipinski definition) is 1. The lowest BCUT2D eigenvalue weighted by atomic mass is 10.3. The Balaban J connectivity index is 3.18. The Morgan fingerprint density at radius 1 is 1.12 bits per heavy atom. The minimum Gasteiger partial charge on any atom is -0.396 e. The van der Waals surface area contributed by atoms with Crippen molar-refractivity contribution in [2.75, 3.05) is 5.73 Å². The molecule has 1 aromatic rings. The van der Waals surface area contributed by atoms with Crippen LogP contribution >= 0.6 is 0 Å². The molecule has 10 heteroatoms. The van der Waals surface area contributed by atoms with Crippen LogP contribution in [0.15, 0.2) is 12.1 Å². The zero-order valence-electron chi connectivity index (χ0n) is 7.75. The van der Waals surface area contributed by atoms with Crippen molar-refractivity contribution in [1.29, 1.82) is 0 Å². The summed E-state index contributed by atoms with van der Waals surface area (Å²) >= 11 is 0. The van der Waals surface area contributed by atoms with Crippen LogP contribution in [-0.2, 0) is 10.1 Å². The number of halogens is 5.